The number of carbonyl (C=O) groups excluding carboxylic acids is 1. The van der Waals surface area contributed by atoms with Crippen LogP contribution in [0.5, 0.6) is 11.5 Å². The highest BCUT2D eigenvalue weighted by Gasteiger charge is 2.31. The second-order valence-electron chi connectivity index (χ2n) is 6.89. The van der Waals surface area contributed by atoms with E-state index in [-0.39, 0.29) is 11.9 Å². The third kappa shape index (κ3) is 3.93. The molecule has 2 aliphatic heterocycles. The summed E-state index contributed by atoms with van der Waals surface area (Å²) >= 11 is 1.89. The van der Waals surface area contributed by atoms with E-state index in [1.807, 2.05) is 40.9 Å². The number of hydrogen-bond acceptors (Lipinski definition) is 4. The highest BCUT2D eigenvalue weighted by atomic mass is 32.2. The van der Waals surface area contributed by atoms with E-state index in [1.165, 1.54) is 5.56 Å². The topological polar surface area (TPSA) is 38.8 Å². The van der Waals surface area contributed by atoms with Gasteiger partial charge in [0.25, 0.3) is 5.91 Å². The van der Waals surface area contributed by atoms with Crippen molar-refractivity contribution in [3.05, 3.63) is 59.2 Å². The van der Waals surface area contributed by atoms with Crippen LogP contribution in [0.4, 0.5) is 0 Å². The second kappa shape index (κ2) is 8.26. The molecule has 0 radical (unpaired) electrons. The lowest BCUT2D eigenvalue weighted by atomic mass is 10.0. The Labute approximate surface area is 164 Å². The fraction of sp³-hybridized carbons (Fsp3) is 0.409. The van der Waals surface area contributed by atoms with Crippen molar-refractivity contribution in [2.45, 2.75) is 31.6 Å². The number of carbonyl (C=O) groups is 1. The van der Waals surface area contributed by atoms with Gasteiger partial charge in [-0.2, -0.15) is 11.8 Å². The van der Waals surface area contributed by atoms with Gasteiger partial charge in [0, 0.05) is 17.9 Å². The average molecular weight is 384 g/mol. The fourth-order valence-electron chi connectivity index (χ4n) is 3.75. The molecule has 4 nitrogen and oxygen atoms in total. The van der Waals surface area contributed by atoms with Gasteiger partial charge in [-0.15, -0.1) is 0 Å². The minimum absolute atomic E-state index is 0.101. The molecule has 1 saturated heterocycles. The van der Waals surface area contributed by atoms with Crippen molar-refractivity contribution in [2.24, 2.45) is 0 Å². The highest BCUT2D eigenvalue weighted by Crippen LogP contribution is 2.38. The van der Waals surface area contributed by atoms with Crippen molar-refractivity contribution in [3.8, 4) is 11.5 Å². The van der Waals surface area contributed by atoms with E-state index in [0.29, 0.717) is 13.2 Å². The molecule has 2 heterocycles. The molecular weight excluding hydrogens is 358 g/mol. The predicted molar refractivity (Wildman–Crippen MR) is 109 cm³/mol. The van der Waals surface area contributed by atoms with Crippen LogP contribution in [0.2, 0.25) is 0 Å². The van der Waals surface area contributed by atoms with Crippen molar-refractivity contribution >= 4 is 17.7 Å². The molecule has 27 heavy (non-hydrogen) atoms. The van der Waals surface area contributed by atoms with Crippen molar-refractivity contribution in [3.63, 3.8) is 0 Å². The van der Waals surface area contributed by atoms with Crippen LogP contribution in [-0.2, 0) is 5.75 Å². The summed E-state index contributed by atoms with van der Waals surface area (Å²) in [7, 11) is 0. The minimum Gasteiger partial charge on any atom is -0.486 e. The Kier molecular flexibility index (Phi) is 5.58. The average Bonchev–Trinajstić information content (AvgIpc) is 3.21. The normalized spacial score (nSPS) is 18.6. The molecule has 0 aromatic heterocycles. The van der Waals surface area contributed by atoms with Crippen molar-refractivity contribution < 1.29 is 14.3 Å². The first kappa shape index (κ1) is 18.2. The van der Waals surface area contributed by atoms with E-state index < -0.39 is 0 Å². The number of amides is 1. The third-order valence-electron chi connectivity index (χ3n) is 5.14. The van der Waals surface area contributed by atoms with Crippen LogP contribution in [0.3, 0.4) is 0 Å². The standard InChI is InChI=1S/C22H25NO3S/c1-2-27-15-16-5-7-17(8-6-16)22(24)23-11-3-4-19(23)18-9-10-20-21(14-18)26-13-12-25-20/h5-10,14,19H,2-4,11-13,15H2,1H3. The van der Waals surface area contributed by atoms with Crippen LogP contribution in [0.25, 0.3) is 0 Å². The zero-order valence-electron chi connectivity index (χ0n) is 15.6. The number of rotatable bonds is 5. The number of fused-ring (bicyclic) bond motifs is 1. The fourth-order valence-corrected chi connectivity index (χ4v) is 4.39. The summed E-state index contributed by atoms with van der Waals surface area (Å²) in [5.74, 6) is 3.79. The molecule has 1 amide bonds. The zero-order chi connectivity index (χ0) is 18.6. The summed E-state index contributed by atoms with van der Waals surface area (Å²) in [6.45, 7) is 4.12. The minimum atomic E-state index is 0.101. The number of thioether (sulfide) groups is 1. The first-order chi connectivity index (χ1) is 13.3. The lowest BCUT2D eigenvalue weighted by Gasteiger charge is -2.27. The number of benzene rings is 2. The van der Waals surface area contributed by atoms with Crippen LogP contribution >= 0.6 is 11.8 Å². The van der Waals surface area contributed by atoms with Crippen molar-refractivity contribution in [1.29, 1.82) is 0 Å². The van der Waals surface area contributed by atoms with Gasteiger partial charge in [-0.05, 0) is 54.0 Å². The Morgan fingerprint density at radius 3 is 2.67 bits per heavy atom. The van der Waals surface area contributed by atoms with E-state index in [9.17, 15) is 4.79 Å². The Bertz CT molecular complexity index is 806. The van der Waals surface area contributed by atoms with Gasteiger partial charge in [0.2, 0.25) is 0 Å². The molecule has 142 valence electrons. The Morgan fingerprint density at radius 2 is 1.89 bits per heavy atom. The van der Waals surface area contributed by atoms with Gasteiger partial charge in [0.15, 0.2) is 11.5 Å². The molecule has 0 spiro atoms. The highest BCUT2D eigenvalue weighted by molar-refractivity contribution is 7.98. The smallest absolute Gasteiger partial charge is 0.254 e. The molecule has 1 unspecified atom stereocenters. The molecular formula is C22H25NO3S. The van der Waals surface area contributed by atoms with Crippen LogP contribution in [0.15, 0.2) is 42.5 Å². The van der Waals surface area contributed by atoms with Gasteiger partial charge in [-0.25, -0.2) is 0 Å². The van der Waals surface area contributed by atoms with Gasteiger partial charge < -0.3 is 14.4 Å². The van der Waals surface area contributed by atoms with Gasteiger partial charge >= 0.3 is 0 Å². The third-order valence-corrected chi connectivity index (χ3v) is 6.08. The van der Waals surface area contributed by atoms with Crippen LogP contribution in [-0.4, -0.2) is 36.3 Å². The van der Waals surface area contributed by atoms with Gasteiger partial charge in [0.1, 0.15) is 13.2 Å². The Morgan fingerprint density at radius 1 is 1.11 bits per heavy atom. The molecule has 0 bridgehead atoms. The summed E-state index contributed by atoms with van der Waals surface area (Å²) in [4.78, 5) is 15.1. The first-order valence-corrected chi connectivity index (χ1v) is 10.8. The summed E-state index contributed by atoms with van der Waals surface area (Å²) in [5.41, 5.74) is 3.16. The summed E-state index contributed by atoms with van der Waals surface area (Å²) in [6, 6.07) is 14.2. The van der Waals surface area contributed by atoms with Gasteiger partial charge in [-0.3, -0.25) is 4.79 Å². The molecule has 0 aliphatic carbocycles. The first-order valence-electron chi connectivity index (χ1n) is 9.63. The molecule has 1 fully saturated rings. The van der Waals surface area contributed by atoms with E-state index in [4.69, 9.17) is 9.47 Å². The lowest BCUT2D eigenvalue weighted by molar-refractivity contribution is 0.0735. The Balaban J connectivity index is 1.51. The molecule has 1 atom stereocenters. The van der Waals surface area contributed by atoms with Gasteiger partial charge in [0.05, 0.1) is 6.04 Å². The van der Waals surface area contributed by atoms with Crippen molar-refractivity contribution in [2.75, 3.05) is 25.5 Å². The van der Waals surface area contributed by atoms with E-state index in [2.05, 4.69) is 25.1 Å². The van der Waals surface area contributed by atoms with Gasteiger partial charge in [-0.1, -0.05) is 25.1 Å². The zero-order valence-corrected chi connectivity index (χ0v) is 16.5. The molecule has 4 rings (SSSR count). The molecule has 0 N–H and O–H groups in total. The number of hydrogen-bond donors (Lipinski definition) is 0. The van der Waals surface area contributed by atoms with Crippen LogP contribution in [0.1, 0.15) is 47.3 Å². The van der Waals surface area contributed by atoms with Crippen LogP contribution < -0.4 is 9.47 Å². The molecule has 2 aromatic rings. The lowest BCUT2D eigenvalue weighted by Crippen LogP contribution is -2.30. The number of nitrogens with zero attached hydrogens (tertiary/aromatic N) is 1. The van der Waals surface area contributed by atoms with Crippen LogP contribution in [0, 0.1) is 0 Å². The summed E-state index contributed by atoms with van der Waals surface area (Å²) in [6.07, 6.45) is 2.01. The predicted octanol–water partition coefficient (Wildman–Crippen LogP) is 4.69. The maximum Gasteiger partial charge on any atom is 0.254 e. The molecule has 2 aromatic carbocycles. The SMILES string of the molecule is CCSCc1ccc(C(=O)N2CCCC2c2ccc3c(c2)OCCO3)cc1. The van der Waals surface area contributed by atoms with E-state index in [1.54, 1.807) is 0 Å². The number of likely N-dealkylation sites (tertiary alicyclic amines) is 1. The number of ether oxygens (including phenoxy) is 2. The quantitative estimate of drug-likeness (QED) is 0.751. The monoisotopic (exact) mass is 383 g/mol. The molecule has 0 saturated carbocycles. The Hall–Kier alpha value is -2.14. The van der Waals surface area contributed by atoms with Crippen molar-refractivity contribution in [1.82, 2.24) is 4.90 Å². The summed E-state index contributed by atoms with van der Waals surface area (Å²) < 4.78 is 11.3. The largest absolute Gasteiger partial charge is 0.486 e. The van der Waals surface area contributed by atoms with E-state index in [0.717, 1.165) is 53.5 Å². The maximum atomic E-state index is 13.1. The molecule has 5 heteroatoms. The summed E-state index contributed by atoms with van der Waals surface area (Å²) in [5, 5.41) is 0. The maximum absolute atomic E-state index is 13.1. The molecule has 2 aliphatic rings. The second-order valence-corrected chi connectivity index (χ2v) is 8.17. The van der Waals surface area contributed by atoms with E-state index >= 15 is 0 Å².